The maximum atomic E-state index is 13.0. The van der Waals surface area contributed by atoms with Gasteiger partial charge in [0, 0.05) is 50.8 Å². The number of rotatable bonds is 19. The first kappa shape index (κ1) is 42.8. The van der Waals surface area contributed by atoms with Crippen molar-refractivity contribution in [1.29, 1.82) is 0 Å². The summed E-state index contributed by atoms with van der Waals surface area (Å²) in [5.41, 5.74) is 2.59. The summed E-state index contributed by atoms with van der Waals surface area (Å²) in [6.45, 7) is 14.3. The van der Waals surface area contributed by atoms with Crippen LogP contribution in [0.2, 0.25) is 0 Å². The zero-order valence-corrected chi connectivity index (χ0v) is 33.1. The molecule has 11 nitrogen and oxygen atoms in total. The van der Waals surface area contributed by atoms with E-state index in [1.807, 2.05) is 45.0 Å². The standard InChI is InChI=1S/C43H60N2O9/c1-8-35(47)10-9-21-50-37-17-14-34(15-18-37)31(5)44-26-36(48)23-39-25-43(27-51-43)24-38(54-39)16-11-28(2)12-19-41-29(3)22-40(32(6)53-41)45-42(49)20-13-30(4)52-33(7)46/h11-18,20,29-30,32,38-41H,8-10,19,21-27H2,1-7H3,(H,45,49)/b16-11+,20-13-,28-12+,44-31?/t29-,30-,32+,38+,39+,40+,41-,43+/m0/s1. The summed E-state index contributed by atoms with van der Waals surface area (Å²) in [6.07, 6.45) is 13.4. The number of aliphatic imine (C=N–C) groups is 1. The highest BCUT2D eigenvalue weighted by Gasteiger charge is 2.51. The van der Waals surface area contributed by atoms with E-state index in [4.69, 9.17) is 23.7 Å². The minimum atomic E-state index is -0.474. The van der Waals surface area contributed by atoms with Gasteiger partial charge in [-0.2, -0.15) is 0 Å². The summed E-state index contributed by atoms with van der Waals surface area (Å²) in [4.78, 5) is 52.6. The Morgan fingerprint density at radius 3 is 2.46 bits per heavy atom. The van der Waals surface area contributed by atoms with E-state index in [0.29, 0.717) is 38.9 Å². The Morgan fingerprint density at radius 1 is 1.04 bits per heavy atom. The quantitative estimate of drug-likeness (QED) is 0.0413. The highest BCUT2D eigenvalue weighted by Crippen LogP contribution is 2.43. The monoisotopic (exact) mass is 748 g/mol. The number of carbonyl (C=O) groups excluding carboxylic acids is 4. The number of allylic oxidation sites excluding steroid dienone is 2. The second-order valence-corrected chi connectivity index (χ2v) is 15.1. The fourth-order valence-electron chi connectivity index (χ4n) is 6.92. The predicted molar refractivity (Wildman–Crippen MR) is 208 cm³/mol. The van der Waals surface area contributed by atoms with Gasteiger partial charge in [-0.05, 0) is 88.8 Å². The number of nitrogens with zero attached hydrogens (tertiary/aromatic N) is 1. The fourth-order valence-corrected chi connectivity index (χ4v) is 6.92. The van der Waals surface area contributed by atoms with Crippen molar-refractivity contribution in [3.63, 3.8) is 0 Å². The lowest BCUT2D eigenvalue weighted by Crippen LogP contribution is -2.50. The molecule has 1 aromatic rings. The molecule has 0 radical (unpaired) electrons. The molecule has 0 aliphatic carbocycles. The molecule has 0 bridgehead atoms. The topological polar surface area (TPSA) is 142 Å². The van der Waals surface area contributed by atoms with Crippen LogP contribution in [0.1, 0.15) is 105 Å². The molecule has 11 heteroatoms. The highest BCUT2D eigenvalue weighted by atomic mass is 16.6. The average molecular weight is 749 g/mol. The van der Waals surface area contributed by atoms with E-state index in [9.17, 15) is 19.2 Å². The maximum absolute atomic E-state index is 13.0. The molecule has 1 N–H and O–H groups in total. The summed E-state index contributed by atoms with van der Waals surface area (Å²) >= 11 is 0. The van der Waals surface area contributed by atoms with Crippen molar-refractivity contribution >= 4 is 29.2 Å². The number of esters is 1. The molecule has 54 heavy (non-hydrogen) atoms. The minimum absolute atomic E-state index is 0.0271. The van der Waals surface area contributed by atoms with E-state index < -0.39 is 12.1 Å². The number of ether oxygens (including phenoxy) is 5. The lowest BCUT2D eigenvalue weighted by molar-refractivity contribution is -0.143. The number of carbonyl (C=O) groups is 4. The Hall–Kier alpha value is -3.93. The fraction of sp³-hybridized carbons (Fsp3) is 0.605. The minimum Gasteiger partial charge on any atom is -0.494 e. The molecular formula is C43H60N2O9. The van der Waals surface area contributed by atoms with E-state index in [1.165, 1.54) is 13.0 Å². The third-order valence-electron chi connectivity index (χ3n) is 10.2. The molecule has 3 saturated heterocycles. The number of hydrogen-bond acceptors (Lipinski definition) is 10. The zero-order valence-electron chi connectivity index (χ0n) is 33.1. The first-order valence-corrected chi connectivity index (χ1v) is 19.5. The van der Waals surface area contributed by atoms with Crippen LogP contribution in [0.25, 0.3) is 0 Å². The van der Waals surface area contributed by atoms with Crippen LogP contribution in [-0.4, -0.2) is 91.1 Å². The number of Topliss-reactive ketones (excluding diaryl/α,β-unsaturated/α-hetero) is 2. The molecule has 3 fully saturated rings. The van der Waals surface area contributed by atoms with Gasteiger partial charge in [0.05, 0.1) is 55.8 Å². The van der Waals surface area contributed by atoms with Gasteiger partial charge in [-0.25, -0.2) is 0 Å². The molecule has 0 saturated carbocycles. The third kappa shape index (κ3) is 14.4. The van der Waals surface area contributed by atoms with Crippen LogP contribution in [0, 0.1) is 5.92 Å². The lowest BCUT2D eigenvalue weighted by atomic mass is 9.88. The van der Waals surface area contributed by atoms with Crippen molar-refractivity contribution in [3.8, 4) is 5.75 Å². The van der Waals surface area contributed by atoms with E-state index in [1.54, 1.807) is 13.0 Å². The van der Waals surface area contributed by atoms with Gasteiger partial charge < -0.3 is 29.0 Å². The number of epoxide rings is 1. The van der Waals surface area contributed by atoms with E-state index >= 15 is 0 Å². The molecule has 1 spiro atoms. The van der Waals surface area contributed by atoms with Gasteiger partial charge in [-0.3, -0.25) is 24.2 Å². The maximum Gasteiger partial charge on any atom is 0.303 e. The van der Waals surface area contributed by atoms with Gasteiger partial charge in [-0.1, -0.05) is 37.6 Å². The van der Waals surface area contributed by atoms with Gasteiger partial charge in [0.1, 0.15) is 17.6 Å². The Morgan fingerprint density at radius 2 is 1.78 bits per heavy atom. The second kappa shape index (κ2) is 20.7. The van der Waals surface area contributed by atoms with Crippen LogP contribution in [0.3, 0.4) is 0 Å². The first-order chi connectivity index (χ1) is 25.7. The van der Waals surface area contributed by atoms with Crippen molar-refractivity contribution in [2.24, 2.45) is 10.9 Å². The van der Waals surface area contributed by atoms with Crippen LogP contribution in [0.4, 0.5) is 0 Å². The molecule has 4 rings (SSSR count). The van der Waals surface area contributed by atoms with Crippen LogP contribution in [-0.2, 0) is 38.1 Å². The molecule has 296 valence electrons. The van der Waals surface area contributed by atoms with Gasteiger partial charge >= 0.3 is 5.97 Å². The number of benzene rings is 1. The summed E-state index contributed by atoms with van der Waals surface area (Å²) < 4.78 is 29.4. The van der Waals surface area contributed by atoms with Crippen molar-refractivity contribution < 1.29 is 42.9 Å². The first-order valence-electron chi connectivity index (χ1n) is 19.5. The van der Waals surface area contributed by atoms with Crippen LogP contribution < -0.4 is 10.1 Å². The molecule has 3 aliphatic rings. The summed E-state index contributed by atoms with van der Waals surface area (Å²) in [7, 11) is 0. The average Bonchev–Trinajstić information content (AvgIpc) is 3.88. The largest absolute Gasteiger partial charge is 0.494 e. The van der Waals surface area contributed by atoms with Crippen molar-refractivity contribution in [3.05, 3.63) is 65.8 Å². The number of amides is 1. The molecule has 1 aromatic carbocycles. The summed E-state index contributed by atoms with van der Waals surface area (Å²) in [5, 5.41) is 3.03. The summed E-state index contributed by atoms with van der Waals surface area (Å²) in [5.74, 6) is 0.626. The second-order valence-electron chi connectivity index (χ2n) is 15.1. The van der Waals surface area contributed by atoms with Gasteiger partial charge in [0.2, 0.25) is 5.91 Å². The molecular weight excluding hydrogens is 688 g/mol. The number of ketones is 2. The van der Waals surface area contributed by atoms with Crippen LogP contribution >= 0.6 is 0 Å². The van der Waals surface area contributed by atoms with Crippen molar-refractivity contribution in [1.82, 2.24) is 5.32 Å². The van der Waals surface area contributed by atoms with Crippen molar-refractivity contribution in [2.75, 3.05) is 19.8 Å². The Balaban J connectivity index is 1.21. The smallest absolute Gasteiger partial charge is 0.303 e. The lowest BCUT2D eigenvalue weighted by Gasteiger charge is -2.39. The third-order valence-corrected chi connectivity index (χ3v) is 10.2. The Labute approximate surface area is 321 Å². The van der Waals surface area contributed by atoms with Crippen LogP contribution in [0.5, 0.6) is 5.75 Å². The van der Waals surface area contributed by atoms with Crippen LogP contribution in [0.15, 0.2) is 65.2 Å². The molecule has 3 heterocycles. The summed E-state index contributed by atoms with van der Waals surface area (Å²) in [6, 6.07) is 7.52. The molecule has 1 amide bonds. The van der Waals surface area contributed by atoms with E-state index in [2.05, 4.69) is 42.4 Å². The Kier molecular flexibility index (Phi) is 16.4. The van der Waals surface area contributed by atoms with E-state index in [0.717, 1.165) is 41.9 Å². The SMILES string of the molecule is CCC(=O)CCCOc1ccc(C(C)=NCC(=O)C[C@@H]2C[C@@]3(CO3)C[C@@H](/C=C/C(C)=C/C[C@@H]3O[C@H](C)[C@H](NC(=O)/C=C\[C@H](C)OC(C)=O)C[C@@H]3C)O2)cc1. The van der Waals surface area contributed by atoms with Gasteiger partial charge in [0.15, 0.2) is 5.78 Å². The molecule has 3 aliphatic heterocycles. The molecule has 0 aromatic heterocycles. The number of hydrogen-bond donors (Lipinski definition) is 1. The van der Waals surface area contributed by atoms with E-state index in [-0.39, 0.29) is 72.4 Å². The van der Waals surface area contributed by atoms with Gasteiger partial charge in [0.25, 0.3) is 0 Å². The predicted octanol–water partition coefficient (Wildman–Crippen LogP) is 6.61. The zero-order chi connectivity index (χ0) is 39.3. The molecule has 0 unspecified atom stereocenters. The number of nitrogens with one attached hydrogen (secondary N) is 1. The van der Waals surface area contributed by atoms with Crippen molar-refractivity contribution in [2.45, 2.75) is 142 Å². The molecule has 8 atom stereocenters. The highest BCUT2D eigenvalue weighted by molar-refractivity contribution is 6.00. The van der Waals surface area contributed by atoms with Gasteiger partial charge in [-0.15, -0.1) is 0 Å². The Bertz CT molecular complexity index is 1560. The normalized spacial score (nSPS) is 27.9.